The number of fused-ring (bicyclic) bond motifs is 2. The maximum atomic E-state index is 2.24. The second-order valence-corrected chi connectivity index (χ2v) is 3.89. The zero-order valence-corrected chi connectivity index (χ0v) is 9.26. The van der Waals surface area contributed by atoms with Crippen LogP contribution in [-0.2, 0) is 12.8 Å². The van der Waals surface area contributed by atoms with Crippen molar-refractivity contribution in [2.24, 2.45) is 0 Å². The molecule has 0 nitrogen and oxygen atoms in total. The molecule has 0 saturated heterocycles. The van der Waals surface area contributed by atoms with E-state index in [1.807, 2.05) is 0 Å². The second-order valence-electron chi connectivity index (χ2n) is 3.89. The van der Waals surface area contributed by atoms with Gasteiger partial charge in [-0.25, -0.2) is 0 Å². The Kier molecular flexibility index (Phi) is 2.79. The molecule has 2 aromatic carbocycles. The van der Waals surface area contributed by atoms with Gasteiger partial charge in [0.05, 0.1) is 0 Å². The van der Waals surface area contributed by atoms with Gasteiger partial charge in [0.25, 0.3) is 0 Å². The fourth-order valence-electron chi connectivity index (χ4n) is 2.22. The van der Waals surface area contributed by atoms with E-state index in [2.05, 4.69) is 48.5 Å². The Hall–Kier alpha value is -1.27. The first-order valence-corrected chi connectivity index (χ1v) is 5.07. The average molecular weight is 217 g/mol. The fourth-order valence-corrected chi connectivity index (χ4v) is 2.22. The highest BCUT2D eigenvalue weighted by Gasteiger charge is 2.12. The molecule has 0 amide bonds. The van der Waals surface area contributed by atoms with Gasteiger partial charge >= 0.3 is 0 Å². The van der Waals surface area contributed by atoms with Gasteiger partial charge in [0.1, 0.15) is 0 Å². The molecule has 1 heteroatoms. The van der Waals surface area contributed by atoms with E-state index in [0.717, 1.165) is 12.8 Å². The maximum Gasteiger partial charge on any atom is -0.00201 e. The Morgan fingerprint density at radius 3 is 1.07 bits per heavy atom. The second kappa shape index (κ2) is 4.08. The molecular formula is C14H13Cl. The predicted molar refractivity (Wildman–Crippen MR) is 65.7 cm³/mol. The highest BCUT2D eigenvalue weighted by molar-refractivity contribution is 5.85. The van der Waals surface area contributed by atoms with Crippen molar-refractivity contribution in [3.8, 4) is 0 Å². The van der Waals surface area contributed by atoms with Crippen LogP contribution in [0.15, 0.2) is 48.5 Å². The van der Waals surface area contributed by atoms with E-state index < -0.39 is 0 Å². The standard InChI is InChI=1S/C14H12.ClH/c1-2-6-12-10-14-8-4-3-7-13(14)9-11(12)5-1;/h1-8H,9-10H2;1H. The van der Waals surface area contributed by atoms with Crippen molar-refractivity contribution in [3.63, 3.8) is 0 Å². The Balaban J connectivity index is 0.000000853. The summed E-state index contributed by atoms with van der Waals surface area (Å²) in [7, 11) is 0. The summed E-state index contributed by atoms with van der Waals surface area (Å²) in [6, 6.07) is 17.5. The minimum Gasteiger partial charge on any atom is -0.147 e. The first kappa shape index (κ1) is 10.3. The predicted octanol–water partition coefficient (Wildman–Crippen LogP) is 3.60. The third-order valence-corrected chi connectivity index (χ3v) is 3.00. The minimum absolute atomic E-state index is 0. The summed E-state index contributed by atoms with van der Waals surface area (Å²) in [5.74, 6) is 0. The van der Waals surface area contributed by atoms with Crippen molar-refractivity contribution in [1.82, 2.24) is 0 Å². The molecule has 1 aliphatic rings. The van der Waals surface area contributed by atoms with Crippen molar-refractivity contribution in [1.29, 1.82) is 0 Å². The van der Waals surface area contributed by atoms with Crippen molar-refractivity contribution in [2.75, 3.05) is 0 Å². The molecule has 15 heavy (non-hydrogen) atoms. The highest BCUT2D eigenvalue weighted by Crippen LogP contribution is 2.26. The zero-order valence-electron chi connectivity index (χ0n) is 8.44. The van der Waals surface area contributed by atoms with Crippen LogP contribution in [0.2, 0.25) is 0 Å². The minimum atomic E-state index is 0. The monoisotopic (exact) mass is 216 g/mol. The number of halogens is 1. The van der Waals surface area contributed by atoms with E-state index in [4.69, 9.17) is 0 Å². The Morgan fingerprint density at radius 1 is 0.533 bits per heavy atom. The van der Waals surface area contributed by atoms with Gasteiger partial charge in [0.2, 0.25) is 0 Å². The summed E-state index contributed by atoms with van der Waals surface area (Å²) in [5, 5.41) is 0. The molecule has 0 saturated carbocycles. The van der Waals surface area contributed by atoms with E-state index in [9.17, 15) is 0 Å². The molecule has 0 N–H and O–H groups in total. The van der Waals surface area contributed by atoms with Gasteiger partial charge in [-0.2, -0.15) is 0 Å². The molecule has 76 valence electrons. The fraction of sp³-hybridized carbons (Fsp3) is 0.143. The molecule has 0 radical (unpaired) electrons. The molecule has 0 spiro atoms. The lowest BCUT2D eigenvalue weighted by Crippen LogP contribution is -2.06. The molecule has 0 atom stereocenters. The van der Waals surface area contributed by atoms with E-state index in [-0.39, 0.29) is 12.4 Å². The third kappa shape index (κ3) is 1.78. The SMILES string of the molecule is Cl.c1ccc2c(c1)Cc1ccccc1C2. The summed E-state index contributed by atoms with van der Waals surface area (Å²) in [6.45, 7) is 0. The molecule has 0 fully saturated rings. The molecule has 0 bridgehead atoms. The van der Waals surface area contributed by atoms with E-state index in [1.54, 1.807) is 0 Å². The summed E-state index contributed by atoms with van der Waals surface area (Å²) >= 11 is 0. The molecule has 1 aliphatic carbocycles. The van der Waals surface area contributed by atoms with Crippen LogP contribution in [-0.4, -0.2) is 0 Å². The normalized spacial score (nSPS) is 12.3. The summed E-state index contributed by atoms with van der Waals surface area (Å²) in [5.41, 5.74) is 5.97. The highest BCUT2D eigenvalue weighted by atomic mass is 35.5. The van der Waals surface area contributed by atoms with Gasteiger partial charge in [-0.05, 0) is 35.1 Å². The lowest BCUT2D eigenvalue weighted by molar-refractivity contribution is 1.00. The molecule has 3 rings (SSSR count). The smallest absolute Gasteiger partial charge is 0.00201 e. The number of hydrogen-bond acceptors (Lipinski definition) is 0. The van der Waals surface area contributed by atoms with Crippen molar-refractivity contribution < 1.29 is 0 Å². The Bertz CT molecular complexity index is 387. The van der Waals surface area contributed by atoms with Gasteiger partial charge in [-0.1, -0.05) is 48.5 Å². The van der Waals surface area contributed by atoms with Crippen molar-refractivity contribution in [2.45, 2.75) is 12.8 Å². The largest absolute Gasteiger partial charge is 0.147 e. The maximum absolute atomic E-state index is 2.24. The first-order chi connectivity index (χ1) is 6.93. The first-order valence-electron chi connectivity index (χ1n) is 5.07. The zero-order chi connectivity index (χ0) is 9.38. The van der Waals surface area contributed by atoms with Crippen LogP contribution < -0.4 is 0 Å². The van der Waals surface area contributed by atoms with E-state index in [1.165, 1.54) is 22.3 Å². The third-order valence-electron chi connectivity index (χ3n) is 3.00. The quantitative estimate of drug-likeness (QED) is 0.539. The molecule has 0 aromatic heterocycles. The van der Waals surface area contributed by atoms with Crippen LogP contribution in [0.3, 0.4) is 0 Å². The van der Waals surface area contributed by atoms with E-state index >= 15 is 0 Å². The summed E-state index contributed by atoms with van der Waals surface area (Å²) < 4.78 is 0. The van der Waals surface area contributed by atoms with Gasteiger partial charge in [0.15, 0.2) is 0 Å². The Labute approximate surface area is 96.4 Å². The topological polar surface area (TPSA) is 0 Å². The van der Waals surface area contributed by atoms with Crippen LogP contribution in [0.5, 0.6) is 0 Å². The summed E-state index contributed by atoms with van der Waals surface area (Å²) in [4.78, 5) is 0. The molecule has 0 heterocycles. The molecule has 0 unspecified atom stereocenters. The van der Waals surface area contributed by atoms with Crippen LogP contribution in [0.1, 0.15) is 22.3 Å². The summed E-state index contributed by atoms with van der Waals surface area (Å²) in [6.07, 6.45) is 2.21. The lowest BCUT2D eigenvalue weighted by Gasteiger charge is -2.18. The molecular weight excluding hydrogens is 204 g/mol. The van der Waals surface area contributed by atoms with Crippen LogP contribution in [0.25, 0.3) is 0 Å². The molecule has 2 aromatic rings. The van der Waals surface area contributed by atoms with Crippen LogP contribution in [0.4, 0.5) is 0 Å². The van der Waals surface area contributed by atoms with Gasteiger partial charge < -0.3 is 0 Å². The van der Waals surface area contributed by atoms with Crippen LogP contribution in [0, 0.1) is 0 Å². The number of benzene rings is 2. The van der Waals surface area contributed by atoms with Crippen LogP contribution >= 0.6 is 12.4 Å². The van der Waals surface area contributed by atoms with Crippen molar-refractivity contribution >= 4 is 12.4 Å². The lowest BCUT2D eigenvalue weighted by atomic mass is 9.86. The average Bonchev–Trinajstić information content (AvgIpc) is 2.26. The van der Waals surface area contributed by atoms with Crippen molar-refractivity contribution in [3.05, 3.63) is 70.8 Å². The molecule has 0 aliphatic heterocycles. The number of hydrogen-bond donors (Lipinski definition) is 0. The van der Waals surface area contributed by atoms with Gasteiger partial charge in [-0.3, -0.25) is 0 Å². The van der Waals surface area contributed by atoms with E-state index in [0.29, 0.717) is 0 Å². The van der Waals surface area contributed by atoms with Gasteiger partial charge in [0, 0.05) is 0 Å². The number of rotatable bonds is 0. The van der Waals surface area contributed by atoms with Gasteiger partial charge in [-0.15, -0.1) is 12.4 Å². The Morgan fingerprint density at radius 2 is 0.800 bits per heavy atom.